The van der Waals surface area contributed by atoms with Gasteiger partial charge in [-0.05, 0) is 60.0 Å². The van der Waals surface area contributed by atoms with E-state index in [4.69, 9.17) is 0 Å². The van der Waals surface area contributed by atoms with Crippen molar-refractivity contribution >= 4 is 33.3 Å². The predicted octanol–water partition coefficient (Wildman–Crippen LogP) is 4.05. The maximum Gasteiger partial charge on any atom is 0.337 e. The third-order valence-corrected chi connectivity index (χ3v) is 5.05. The Bertz CT molecular complexity index is 899. The monoisotopic (exact) mass is 353 g/mol. The summed E-state index contributed by atoms with van der Waals surface area (Å²) < 4.78 is 5.92. The van der Waals surface area contributed by atoms with Gasteiger partial charge in [0, 0.05) is 16.3 Å². The maximum atomic E-state index is 12.4. The number of fused-ring (bicyclic) bond motifs is 1. The number of thiophene rings is 1. The van der Waals surface area contributed by atoms with Crippen LogP contribution in [0, 0.1) is 0 Å². The van der Waals surface area contributed by atoms with Crippen molar-refractivity contribution in [3.05, 3.63) is 70.6 Å². The zero-order chi connectivity index (χ0) is 17.8. The summed E-state index contributed by atoms with van der Waals surface area (Å²) in [6, 6.07) is 14.7. The van der Waals surface area contributed by atoms with Gasteiger partial charge in [-0.25, -0.2) is 4.79 Å². The Morgan fingerprint density at radius 1 is 1.08 bits per heavy atom. The number of carbonyl (C=O) groups is 2. The summed E-state index contributed by atoms with van der Waals surface area (Å²) in [6.07, 6.45) is 0.774. The van der Waals surface area contributed by atoms with E-state index in [-0.39, 0.29) is 11.9 Å². The molecule has 0 saturated heterocycles. The summed E-state index contributed by atoms with van der Waals surface area (Å²) in [5.41, 5.74) is 2.20. The van der Waals surface area contributed by atoms with E-state index in [2.05, 4.69) is 27.6 Å². The highest BCUT2D eigenvalue weighted by molar-refractivity contribution is 7.17. The summed E-state index contributed by atoms with van der Waals surface area (Å²) in [4.78, 5) is 23.8. The Kier molecular flexibility index (Phi) is 5.14. The fourth-order valence-electron chi connectivity index (χ4n) is 2.75. The van der Waals surface area contributed by atoms with Gasteiger partial charge in [0.1, 0.15) is 0 Å². The Balaban J connectivity index is 1.65. The number of nitrogens with one attached hydrogen (secondary N) is 1. The molecule has 25 heavy (non-hydrogen) atoms. The molecule has 0 bridgehead atoms. The molecule has 2 aromatic carbocycles. The van der Waals surface area contributed by atoms with E-state index in [1.165, 1.54) is 22.8 Å². The average molecular weight is 353 g/mol. The molecule has 0 fully saturated rings. The molecule has 1 amide bonds. The Labute approximate surface area is 150 Å². The van der Waals surface area contributed by atoms with Crippen LogP contribution in [0.4, 0.5) is 0 Å². The molecular formula is C20H19NO3S. The Hall–Kier alpha value is -2.66. The molecule has 0 spiro atoms. The van der Waals surface area contributed by atoms with Crippen molar-refractivity contribution in [2.45, 2.75) is 19.4 Å². The van der Waals surface area contributed by atoms with Crippen molar-refractivity contribution in [3.8, 4) is 0 Å². The van der Waals surface area contributed by atoms with Gasteiger partial charge in [0.25, 0.3) is 5.91 Å². The smallest absolute Gasteiger partial charge is 0.337 e. The van der Waals surface area contributed by atoms with Crippen molar-refractivity contribution < 1.29 is 14.3 Å². The first-order valence-corrected chi connectivity index (χ1v) is 8.91. The maximum absolute atomic E-state index is 12.4. The summed E-state index contributed by atoms with van der Waals surface area (Å²) in [5.74, 6) is -0.562. The highest BCUT2D eigenvalue weighted by Crippen LogP contribution is 2.26. The highest BCUT2D eigenvalue weighted by atomic mass is 32.1. The first kappa shape index (κ1) is 17.2. The zero-order valence-electron chi connectivity index (χ0n) is 14.1. The van der Waals surface area contributed by atoms with Gasteiger partial charge in [0.15, 0.2) is 0 Å². The lowest BCUT2D eigenvalue weighted by Gasteiger charge is -2.14. The fraction of sp³-hybridized carbons (Fsp3) is 0.200. The lowest BCUT2D eigenvalue weighted by atomic mass is 10.1. The van der Waals surface area contributed by atoms with Crippen molar-refractivity contribution in [1.29, 1.82) is 0 Å². The molecule has 0 saturated carbocycles. The standard InChI is InChI=1S/C20H19NO3S/c1-13(11-16-12-25-18-6-4-3-5-17(16)18)21-19(22)14-7-9-15(10-8-14)20(23)24-2/h3-10,12-13H,11H2,1-2H3,(H,21,22). The first-order chi connectivity index (χ1) is 12.1. The number of hydrogen-bond acceptors (Lipinski definition) is 4. The summed E-state index contributed by atoms with van der Waals surface area (Å²) in [7, 11) is 1.33. The number of methoxy groups -OCH3 is 1. The van der Waals surface area contributed by atoms with Crippen molar-refractivity contribution in [3.63, 3.8) is 0 Å². The fourth-order valence-corrected chi connectivity index (χ4v) is 3.73. The van der Waals surface area contributed by atoms with Gasteiger partial charge >= 0.3 is 5.97 Å². The average Bonchev–Trinajstić information content (AvgIpc) is 3.04. The molecule has 1 N–H and O–H groups in total. The molecule has 1 heterocycles. The molecule has 0 aliphatic heterocycles. The van der Waals surface area contributed by atoms with Crippen LogP contribution in [0.15, 0.2) is 53.9 Å². The SMILES string of the molecule is COC(=O)c1ccc(C(=O)NC(C)Cc2csc3ccccc23)cc1. The molecule has 1 aromatic heterocycles. The topological polar surface area (TPSA) is 55.4 Å². The van der Waals surface area contributed by atoms with Gasteiger partial charge in [-0.1, -0.05) is 18.2 Å². The van der Waals surface area contributed by atoms with Crippen LogP contribution in [-0.2, 0) is 11.2 Å². The number of rotatable bonds is 5. The number of hydrogen-bond donors (Lipinski definition) is 1. The second kappa shape index (κ2) is 7.49. The quantitative estimate of drug-likeness (QED) is 0.704. The van der Waals surface area contributed by atoms with E-state index < -0.39 is 5.97 Å². The molecule has 0 aliphatic rings. The van der Waals surface area contributed by atoms with Crippen molar-refractivity contribution in [1.82, 2.24) is 5.32 Å². The van der Waals surface area contributed by atoms with E-state index in [0.717, 1.165) is 6.42 Å². The van der Waals surface area contributed by atoms with Crippen LogP contribution in [0.3, 0.4) is 0 Å². The van der Waals surface area contributed by atoms with E-state index in [1.807, 2.05) is 19.1 Å². The van der Waals surface area contributed by atoms with Gasteiger partial charge in [0.2, 0.25) is 0 Å². The molecule has 1 atom stereocenters. The van der Waals surface area contributed by atoms with Crippen LogP contribution < -0.4 is 5.32 Å². The summed E-state index contributed by atoms with van der Waals surface area (Å²) in [6.45, 7) is 1.99. The van der Waals surface area contributed by atoms with E-state index in [1.54, 1.807) is 35.6 Å². The highest BCUT2D eigenvalue weighted by Gasteiger charge is 2.13. The molecule has 128 valence electrons. The lowest BCUT2D eigenvalue weighted by Crippen LogP contribution is -2.34. The Morgan fingerprint density at radius 3 is 2.48 bits per heavy atom. The second-order valence-electron chi connectivity index (χ2n) is 5.90. The number of carbonyl (C=O) groups excluding carboxylic acids is 2. The molecule has 1 unspecified atom stereocenters. The largest absolute Gasteiger partial charge is 0.465 e. The van der Waals surface area contributed by atoms with Crippen LogP contribution in [0.2, 0.25) is 0 Å². The van der Waals surface area contributed by atoms with Crippen LogP contribution in [0.25, 0.3) is 10.1 Å². The molecule has 0 aliphatic carbocycles. The minimum Gasteiger partial charge on any atom is -0.465 e. The number of benzene rings is 2. The molecule has 3 aromatic rings. The number of ether oxygens (including phenoxy) is 1. The van der Waals surface area contributed by atoms with Gasteiger partial charge in [0.05, 0.1) is 12.7 Å². The van der Waals surface area contributed by atoms with E-state index in [9.17, 15) is 9.59 Å². The first-order valence-electron chi connectivity index (χ1n) is 8.03. The van der Waals surface area contributed by atoms with Crippen LogP contribution >= 0.6 is 11.3 Å². The van der Waals surface area contributed by atoms with Gasteiger partial charge < -0.3 is 10.1 Å². The molecule has 5 heteroatoms. The molecular weight excluding hydrogens is 334 g/mol. The van der Waals surface area contributed by atoms with Crippen LogP contribution in [0.1, 0.15) is 33.2 Å². The van der Waals surface area contributed by atoms with Crippen LogP contribution in [0.5, 0.6) is 0 Å². The molecule has 4 nitrogen and oxygen atoms in total. The molecule has 3 rings (SSSR count). The third kappa shape index (κ3) is 3.88. The van der Waals surface area contributed by atoms with Gasteiger partial charge in [-0.15, -0.1) is 11.3 Å². The summed E-state index contributed by atoms with van der Waals surface area (Å²) in [5, 5.41) is 6.41. The molecule has 0 radical (unpaired) electrons. The second-order valence-corrected chi connectivity index (χ2v) is 6.82. The third-order valence-electron chi connectivity index (χ3n) is 4.03. The van der Waals surface area contributed by atoms with E-state index in [0.29, 0.717) is 11.1 Å². The van der Waals surface area contributed by atoms with E-state index >= 15 is 0 Å². The van der Waals surface area contributed by atoms with Gasteiger partial charge in [-0.2, -0.15) is 0 Å². The normalized spacial score (nSPS) is 11.9. The zero-order valence-corrected chi connectivity index (χ0v) is 14.9. The van der Waals surface area contributed by atoms with Crippen LogP contribution in [-0.4, -0.2) is 25.0 Å². The van der Waals surface area contributed by atoms with Crippen molar-refractivity contribution in [2.24, 2.45) is 0 Å². The summed E-state index contributed by atoms with van der Waals surface area (Å²) >= 11 is 1.72. The number of amides is 1. The Morgan fingerprint density at radius 2 is 1.76 bits per heavy atom. The van der Waals surface area contributed by atoms with Crippen molar-refractivity contribution in [2.75, 3.05) is 7.11 Å². The minimum absolute atomic E-state index is 0.00536. The lowest BCUT2D eigenvalue weighted by molar-refractivity contribution is 0.0600. The predicted molar refractivity (Wildman–Crippen MR) is 100 cm³/mol. The number of esters is 1. The minimum atomic E-state index is -0.412. The van der Waals surface area contributed by atoms with Gasteiger partial charge in [-0.3, -0.25) is 4.79 Å².